The summed E-state index contributed by atoms with van der Waals surface area (Å²) < 4.78 is 0. The van der Waals surface area contributed by atoms with Crippen molar-refractivity contribution in [3.05, 3.63) is 0 Å². The van der Waals surface area contributed by atoms with Crippen molar-refractivity contribution in [1.82, 2.24) is 0 Å². The van der Waals surface area contributed by atoms with Crippen LogP contribution in [0.15, 0.2) is 0 Å². The fourth-order valence-electron chi connectivity index (χ4n) is 1.51. The molecular weight excluding hydrogens is 231 g/mol. The predicted molar refractivity (Wildman–Crippen MR) is 44.1 cm³/mol. The minimum atomic E-state index is -0.611. The Morgan fingerprint density at radius 2 is 2.10 bits per heavy atom. The maximum absolute atomic E-state index is 10.4. The van der Waals surface area contributed by atoms with Crippen LogP contribution in [0.2, 0.25) is 0 Å². The van der Waals surface area contributed by atoms with Gasteiger partial charge in [-0.2, -0.15) is 0 Å². The zero-order chi connectivity index (χ0) is 6.85. The van der Waals surface area contributed by atoms with Gasteiger partial charge < -0.3 is 5.11 Å². The van der Waals surface area contributed by atoms with Gasteiger partial charge in [0.1, 0.15) is 0 Å². The molecule has 0 saturated heterocycles. The van der Waals surface area contributed by atoms with Gasteiger partial charge in [-0.25, -0.2) is 0 Å². The fraction of sp³-hybridized carbons (Fsp3) is 0.857. The number of aliphatic carboxylic acids is 1. The topological polar surface area (TPSA) is 37.3 Å². The van der Waals surface area contributed by atoms with Gasteiger partial charge in [-0.15, -0.1) is 0 Å². The molecule has 2 nitrogen and oxygen atoms in total. The molecule has 0 aromatic carbocycles. The Kier molecular flexibility index (Phi) is 4.41. The van der Waals surface area contributed by atoms with Crippen LogP contribution in [0.1, 0.15) is 26.2 Å². The van der Waals surface area contributed by atoms with Gasteiger partial charge in [0.05, 0.1) is 5.92 Å². The minimum absolute atomic E-state index is 0. The third-order valence-corrected chi connectivity index (χ3v) is 2.18. The molecule has 2 atom stereocenters. The van der Waals surface area contributed by atoms with E-state index in [0.717, 1.165) is 19.3 Å². The molecule has 1 aliphatic carbocycles. The molecule has 2 unspecified atom stereocenters. The Hall–Kier alpha value is 0.340. The number of hydrogen-bond acceptors (Lipinski definition) is 1. The summed E-state index contributed by atoms with van der Waals surface area (Å²) in [6.07, 6.45) is 3.08. The van der Waals surface area contributed by atoms with Crippen LogP contribution in [0, 0.1) is 11.8 Å². The van der Waals surface area contributed by atoms with E-state index in [-0.39, 0.29) is 31.8 Å². The van der Waals surface area contributed by atoms with Crippen LogP contribution >= 0.6 is 0 Å². The second kappa shape index (κ2) is 4.27. The van der Waals surface area contributed by atoms with E-state index >= 15 is 0 Å². The third-order valence-electron chi connectivity index (χ3n) is 2.18. The van der Waals surface area contributed by atoms with Gasteiger partial charge in [0.2, 0.25) is 0 Å². The molecule has 0 amide bonds. The Labute approximate surface area is 79.8 Å². The molecule has 0 aromatic heterocycles. The standard InChI is InChI=1S/C7H12O2.In.3H/c1-5-3-2-4-6(5)7(8)9;;;;/h5-6H,2-4H2,1H3,(H,8,9);;;;. The molecule has 1 fully saturated rings. The van der Waals surface area contributed by atoms with Crippen molar-refractivity contribution in [1.29, 1.82) is 0 Å². The van der Waals surface area contributed by atoms with E-state index in [9.17, 15) is 4.79 Å². The number of rotatable bonds is 1. The van der Waals surface area contributed by atoms with E-state index in [1.54, 1.807) is 0 Å². The molecule has 1 saturated carbocycles. The predicted octanol–water partition coefficient (Wildman–Crippen LogP) is 0.323. The van der Waals surface area contributed by atoms with Crippen molar-refractivity contribution in [2.75, 3.05) is 0 Å². The van der Waals surface area contributed by atoms with E-state index in [0.29, 0.717) is 5.92 Å². The summed E-state index contributed by atoms with van der Waals surface area (Å²) in [5, 5.41) is 8.58. The molecule has 0 spiro atoms. The van der Waals surface area contributed by atoms with Crippen molar-refractivity contribution in [3.8, 4) is 0 Å². The maximum atomic E-state index is 10.4. The van der Waals surface area contributed by atoms with Crippen molar-refractivity contribution >= 4 is 31.8 Å². The van der Waals surface area contributed by atoms with Crippen molar-refractivity contribution in [2.45, 2.75) is 26.2 Å². The molecule has 1 N–H and O–H groups in total. The van der Waals surface area contributed by atoms with Gasteiger partial charge >= 0.3 is 31.8 Å². The summed E-state index contributed by atoms with van der Waals surface area (Å²) >= 11 is 0. The number of hydrogen-bond donors (Lipinski definition) is 1. The Morgan fingerprint density at radius 3 is 2.30 bits per heavy atom. The zero-order valence-corrected chi connectivity index (χ0v) is 5.63. The molecule has 1 aliphatic rings. The summed E-state index contributed by atoms with van der Waals surface area (Å²) in [5.74, 6) is -0.257. The first-order chi connectivity index (χ1) is 4.22. The number of carboxylic acids is 1. The summed E-state index contributed by atoms with van der Waals surface area (Å²) in [7, 11) is 0. The van der Waals surface area contributed by atoms with Crippen LogP contribution in [0.3, 0.4) is 0 Å². The van der Waals surface area contributed by atoms with Crippen molar-refractivity contribution < 1.29 is 9.90 Å². The second-order valence-electron chi connectivity index (χ2n) is 2.85. The van der Waals surface area contributed by atoms with Crippen molar-refractivity contribution in [3.63, 3.8) is 0 Å². The van der Waals surface area contributed by atoms with Gasteiger partial charge in [-0.3, -0.25) is 4.79 Å². The van der Waals surface area contributed by atoms with E-state index in [1.165, 1.54) is 0 Å². The molecule has 0 radical (unpaired) electrons. The Morgan fingerprint density at radius 1 is 1.50 bits per heavy atom. The van der Waals surface area contributed by atoms with Crippen molar-refractivity contribution in [2.24, 2.45) is 11.8 Å². The molecule has 0 aliphatic heterocycles. The van der Waals surface area contributed by atoms with Gasteiger partial charge in [-0.05, 0) is 18.8 Å². The van der Waals surface area contributed by atoms with Gasteiger partial charge in [-0.1, -0.05) is 13.3 Å². The van der Waals surface area contributed by atoms with Gasteiger partial charge in [0, 0.05) is 0 Å². The van der Waals surface area contributed by atoms with Crippen LogP contribution in [-0.2, 0) is 4.79 Å². The fourth-order valence-corrected chi connectivity index (χ4v) is 1.51. The molecule has 58 valence electrons. The average molecular weight is 246 g/mol. The first-order valence-corrected chi connectivity index (χ1v) is 3.44. The van der Waals surface area contributed by atoms with E-state index in [2.05, 4.69) is 0 Å². The number of carboxylic acid groups (broad SMARTS) is 1. The molecule has 0 bridgehead atoms. The molecule has 3 heteroatoms. The second-order valence-corrected chi connectivity index (χ2v) is 2.85. The SMILES string of the molecule is CC1CCCC1C(=O)O.[InH3]. The van der Waals surface area contributed by atoms with Crippen LogP contribution in [0.5, 0.6) is 0 Å². The molecule has 0 heterocycles. The quantitative estimate of drug-likeness (QED) is 0.723. The van der Waals surface area contributed by atoms with Gasteiger partial charge in [0.25, 0.3) is 0 Å². The molecule has 10 heavy (non-hydrogen) atoms. The Bertz CT molecular complexity index is 125. The summed E-state index contributed by atoms with van der Waals surface area (Å²) in [4.78, 5) is 10.4. The first-order valence-electron chi connectivity index (χ1n) is 3.44. The molecule has 1 rings (SSSR count). The summed E-state index contributed by atoms with van der Waals surface area (Å²) in [6, 6.07) is 0. The van der Waals surface area contributed by atoms with Gasteiger partial charge in [0.15, 0.2) is 0 Å². The Balaban J connectivity index is 0.000000810. The zero-order valence-electron chi connectivity index (χ0n) is 5.63. The van der Waals surface area contributed by atoms with Crippen LogP contribution in [0.4, 0.5) is 0 Å². The van der Waals surface area contributed by atoms with E-state index in [4.69, 9.17) is 5.11 Å². The summed E-state index contributed by atoms with van der Waals surface area (Å²) in [6.45, 7) is 2.02. The third kappa shape index (κ3) is 2.19. The summed E-state index contributed by atoms with van der Waals surface area (Å²) in [5.41, 5.74) is 0. The van der Waals surface area contributed by atoms with E-state index < -0.39 is 5.97 Å². The van der Waals surface area contributed by atoms with Crippen LogP contribution < -0.4 is 0 Å². The molecule has 0 aromatic rings. The van der Waals surface area contributed by atoms with Crippen LogP contribution in [0.25, 0.3) is 0 Å². The first kappa shape index (κ1) is 10.3. The number of carbonyl (C=O) groups is 1. The monoisotopic (exact) mass is 246 g/mol. The normalized spacial score (nSPS) is 31.3. The van der Waals surface area contributed by atoms with Crippen LogP contribution in [-0.4, -0.2) is 36.9 Å². The van der Waals surface area contributed by atoms with E-state index in [1.807, 2.05) is 6.92 Å². The average Bonchev–Trinajstić information content (AvgIpc) is 2.13. The molecular formula is C7H15InO2.